The average molecular weight is 280 g/mol. The van der Waals surface area contributed by atoms with Gasteiger partial charge in [-0.2, -0.15) is 0 Å². The number of nitrogens with zero attached hydrogens (tertiary/aromatic N) is 2. The third-order valence-corrected chi connectivity index (χ3v) is 3.50. The van der Waals surface area contributed by atoms with Crippen molar-refractivity contribution in [2.75, 3.05) is 7.11 Å². The molecule has 0 fully saturated rings. The molecule has 0 aliphatic carbocycles. The van der Waals surface area contributed by atoms with E-state index >= 15 is 0 Å². The number of ether oxygens (including phenoxy) is 1. The van der Waals surface area contributed by atoms with Gasteiger partial charge in [-0.15, -0.1) is 0 Å². The molecular weight excluding hydrogens is 264 g/mol. The maximum Gasteiger partial charge on any atom is 0.340 e. The maximum absolute atomic E-state index is 11.8. The highest BCUT2D eigenvalue weighted by Gasteiger charge is 2.13. The Morgan fingerprint density at radius 3 is 2.90 bits per heavy atom. The number of benzene rings is 1. The van der Waals surface area contributed by atoms with Gasteiger partial charge >= 0.3 is 5.97 Å². The largest absolute Gasteiger partial charge is 0.465 e. The quantitative estimate of drug-likeness (QED) is 0.693. The van der Waals surface area contributed by atoms with Crippen LogP contribution in [-0.4, -0.2) is 22.5 Å². The number of aryl methyl sites for hydroxylation is 1. The molecule has 0 amide bonds. The number of carbonyl (C=O) groups is 1. The van der Waals surface area contributed by atoms with Crippen LogP contribution < -0.4 is 0 Å². The van der Waals surface area contributed by atoms with Crippen molar-refractivity contribution in [3.05, 3.63) is 71.3 Å². The van der Waals surface area contributed by atoms with Gasteiger partial charge in [-0.1, -0.05) is 29.8 Å². The summed E-state index contributed by atoms with van der Waals surface area (Å²) >= 11 is 0. The molecule has 0 saturated carbocycles. The molecule has 0 saturated heterocycles. The molecule has 0 atom stereocenters. The molecule has 3 aromatic rings. The van der Waals surface area contributed by atoms with Crippen molar-refractivity contribution in [2.45, 2.75) is 13.3 Å². The van der Waals surface area contributed by atoms with Crippen molar-refractivity contribution < 1.29 is 9.53 Å². The van der Waals surface area contributed by atoms with Crippen LogP contribution in [0.2, 0.25) is 0 Å². The molecule has 0 radical (unpaired) electrons. The number of carbonyl (C=O) groups excluding carboxylic acids is 1. The number of imidazole rings is 1. The highest BCUT2D eigenvalue weighted by atomic mass is 16.5. The van der Waals surface area contributed by atoms with Crippen LogP contribution in [0.15, 0.2) is 48.8 Å². The summed E-state index contributed by atoms with van der Waals surface area (Å²) in [6.45, 7) is 2.07. The zero-order valence-corrected chi connectivity index (χ0v) is 12.0. The summed E-state index contributed by atoms with van der Waals surface area (Å²) in [7, 11) is 1.38. The second kappa shape index (κ2) is 5.40. The van der Waals surface area contributed by atoms with E-state index in [0.717, 1.165) is 17.8 Å². The van der Waals surface area contributed by atoms with Crippen molar-refractivity contribution in [2.24, 2.45) is 0 Å². The molecule has 4 nitrogen and oxygen atoms in total. The predicted octanol–water partition coefficient (Wildman–Crippen LogP) is 3.02. The number of pyridine rings is 1. The van der Waals surface area contributed by atoms with E-state index in [0.29, 0.717) is 5.56 Å². The van der Waals surface area contributed by atoms with Crippen molar-refractivity contribution >= 4 is 11.5 Å². The first-order valence-electron chi connectivity index (χ1n) is 6.78. The minimum atomic E-state index is -0.345. The van der Waals surface area contributed by atoms with Crippen LogP contribution in [0.3, 0.4) is 0 Å². The first-order valence-corrected chi connectivity index (χ1v) is 6.78. The minimum absolute atomic E-state index is 0.345. The molecule has 0 unspecified atom stereocenters. The molecule has 0 aliphatic heterocycles. The smallest absolute Gasteiger partial charge is 0.340 e. The first kappa shape index (κ1) is 13.4. The molecule has 2 heterocycles. The predicted molar refractivity (Wildman–Crippen MR) is 80.5 cm³/mol. The zero-order chi connectivity index (χ0) is 14.8. The molecule has 0 spiro atoms. The van der Waals surface area contributed by atoms with E-state index < -0.39 is 0 Å². The minimum Gasteiger partial charge on any atom is -0.465 e. The fraction of sp³-hybridized carbons (Fsp3) is 0.176. The van der Waals surface area contributed by atoms with Crippen LogP contribution in [-0.2, 0) is 11.2 Å². The fourth-order valence-corrected chi connectivity index (χ4v) is 2.49. The Bertz CT molecular complexity index is 805. The number of methoxy groups -OCH3 is 1. The van der Waals surface area contributed by atoms with Crippen molar-refractivity contribution in [1.82, 2.24) is 9.38 Å². The van der Waals surface area contributed by atoms with Gasteiger partial charge in [-0.25, -0.2) is 9.78 Å². The van der Waals surface area contributed by atoms with Crippen LogP contribution in [0.4, 0.5) is 0 Å². The van der Waals surface area contributed by atoms with E-state index in [1.54, 1.807) is 12.3 Å². The number of hydrogen-bond donors (Lipinski definition) is 0. The van der Waals surface area contributed by atoms with Gasteiger partial charge in [0.2, 0.25) is 0 Å². The topological polar surface area (TPSA) is 43.6 Å². The molecule has 0 N–H and O–H groups in total. The van der Waals surface area contributed by atoms with E-state index in [-0.39, 0.29) is 5.97 Å². The van der Waals surface area contributed by atoms with E-state index in [1.807, 2.05) is 22.7 Å². The lowest BCUT2D eigenvalue weighted by molar-refractivity contribution is 0.0602. The average Bonchev–Trinajstić information content (AvgIpc) is 2.90. The first-order chi connectivity index (χ1) is 10.2. The molecule has 3 rings (SSSR count). The van der Waals surface area contributed by atoms with Gasteiger partial charge < -0.3 is 9.14 Å². The van der Waals surface area contributed by atoms with Gasteiger partial charge in [-0.05, 0) is 24.6 Å². The summed E-state index contributed by atoms with van der Waals surface area (Å²) < 4.78 is 6.75. The van der Waals surface area contributed by atoms with Gasteiger partial charge in [0, 0.05) is 12.6 Å². The Morgan fingerprint density at radius 2 is 2.14 bits per heavy atom. The summed E-state index contributed by atoms with van der Waals surface area (Å²) in [6.07, 6.45) is 4.36. The normalized spacial score (nSPS) is 10.8. The lowest BCUT2D eigenvalue weighted by atomic mass is 10.1. The molecule has 2 aromatic heterocycles. The summed E-state index contributed by atoms with van der Waals surface area (Å²) in [5, 5.41) is 0. The van der Waals surface area contributed by atoms with Crippen molar-refractivity contribution in [1.29, 1.82) is 0 Å². The van der Waals surface area contributed by atoms with Gasteiger partial charge in [0.05, 0.1) is 24.4 Å². The van der Waals surface area contributed by atoms with Crippen molar-refractivity contribution in [3.8, 4) is 0 Å². The van der Waals surface area contributed by atoms with Gasteiger partial charge in [-0.3, -0.25) is 0 Å². The number of fused-ring (bicyclic) bond motifs is 1. The second-order valence-corrected chi connectivity index (χ2v) is 5.01. The van der Waals surface area contributed by atoms with E-state index in [9.17, 15) is 4.79 Å². The molecule has 0 bridgehead atoms. The fourth-order valence-electron chi connectivity index (χ4n) is 2.49. The Kier molecular flexibility index (Phi) is 3.44. The Labute approximate surface area is 123 Å². The van der Waals surface area contributed by atoms with E-state index in [4.69, 9.17) is 4.74 Å². The number of rotatable bonds is 3. The Hall–Kier alpha value is -2.62. The van der Waals surface area contributed by atoms with Crippen LogP contribution >= 0.6 is 0 Å². The summed E-state index contributed by atoms with van der Waals surface area (Å²) in [6, 6.07) is 11.9. The lowest BCUT2D eigenvalue weighted by Crippen LogP contribution is -2.04. The van der Waals surface area contributed by atoms with Crippen LogP contribution in [0.25, 0.3) is 5.52 Å². The van der Waals surface area contributed by atoms with Gasteiger partial charge in [0.1, 0.15) is 5.82 Å². The molecule has 21 heavy (non-hydrogen) atoms. The molecule has 106 valence electrons. The number of esters is 1. The van der Waals surface area contributed by atoms with Crippen LogP contribution in [0.1, 0.15) is 27.3 Å². The number of aromatic nitrogens is 2. The maximum atomic E-state index is 11.8. The standard InChI is InChI=1S/C17H16N2O2/c1-12-5-3-6-13(9-12)10-16-18-11-15-14(17(20)21-2)7-4-8-19(15)16/h3-9,11H,10H2,1-2H3. The Morgan fingerprint density at radius 1 is 1.29 bits per heavy atom. The van der Waals surface area contributed by atoms with E-state index in [1.165, 1.54) is 18.2 Å². The molecule has 1 aromatic carbocycles. The van der Waals surface area contributed by atoms with Crippen LogP contribution in [0, 0.1) is 6.92 Å². The lowest BCUT2D eigenvalue weighted by Gasteiger charge is -2.05. The zero-order valence-electron chi connectivity index (χ0n) is 12.0. The third-order valence-electron chi connectivity index (χ3n) is 3.50. The molecular formula is C17H16N2O2. The second-order valence-electron chi connectivity index (χ2n) is 5.01. The third kappa shape index (κ3) is 2.52. The SMILES string of the molecule is COC(=O)c1cccn2c(Cc3cccc(C)c3)ncc12. The van der Waals surface area contributed by atoms with E-state index in [2.05, 4.69) is 30.1 Å². The van der Waals surface area contributed by atoms with Crippen molar-refractivity contribution in [3.63, 3.8) is 0 Å². The van der Waals surface area contributed by atoms with Gasteiger partial charge in [0.25, 0.3) is 0 Å². The van der Waals surface area contributed by atoms with Gasteiger partial charge in [0.15, 0.2) is 0 Å². The number of hydrogen-bond acceptors (Lipinski definition) is 3. The highest BCUT2D eigenvalue weighted by Crippen LogP contribution is 2.16. The monoisotopic (exact) mass is 280 g/mol. The van der Waals surface area contributed by atoms with Crippen LogP contribution in [0.5, 0.6) is 0 Å². The molecule has 0 aliphatic rings. The summed E-state index contributed by atoms with van der Waals surface area (Å²) in [4.78, 5) is 16.2. The summed E-state index contributed by atoms with van der Waals surface area (Å²) in [5.41, 5.74) is 3.73. The Balaban J connectivity index is 2.03. The highest BCUT2D eigenvalue weighted by molar-refractivity contribution is 5.96. The molecule has 4 heteroatoms. The summed E-state index contributed by atoms with van der Waals surface area (Å²) in [5.74, 6) is 0.559.